The molecule has 0 saturated heterocycles. The Labute approximate surface area is 126 Å². The van der Waals surface area contributed by atoms with Gasteiger partial charge in [0.2, 0.25) is 0 Å². The van der Waals surface area contributed by atoms with Crippen molar-refractivity contribution < 1.29 is 13.6 Å². The van der Waals surface area contributed by atoms with E-state index in [-0.39, 0.29) is 24.0 Å². The van der Waals surface area contributed by atoms with Crippen molar-refractivity contribution >= 4 is 11.7 Å². The number of halogens is 1. The molecule has 0 aliphatic heterocycles. The lowest BCUT2D eigenvalue weighted by Crippen LogP contribution is -2.31. The SMILES string of the molecule is O=C(c1ccco1)N(Cc1ccccc1F)c1ccccn1. The third-order valence-corrected chi connectivity index (χ3v) is 3.19. The van der Waals surface area contributed by atoms with Gasteiger partial charge in [0.1, 0.15) is 11.6 Å². The molecule has 0 unspecified atom stereocenters. The second-order valence-electron chi connectivity index (χ2n) is 4.65. The van der Waals surface area contributed by atoms with E-state index in [1.165, 1.54) is 17.2 Å². The summed E-state index contributed by atoms with van der Waals surface area (Å²) in [5, 5.41) is 0. The molecule has 2 aromatic heterocycles. The molecule has 0 aliphatic carbocycles. The van der Waals surface area contributed by atoms with Crippen LogP contribution in [0.2, 0.25) is 0 Å². The highest BCUT2D eigenvalue weighted by molar-refractivity contribution is 6.03. The van der Waals surface area contributed by atoms with Crippen LogP contribution in [0.5, 0.6) is 0 Å². The molecular formula is C17H13FN2O2. The van der Waals surface area contributed by atoms with E-state index < -0.39 is 0 Å². The fraction of sp³-hybridized carbons (Fsp3) is 0.0588. The lowest BCUT2D eigenvalue weighted by atomic mass is 10.2. The molecule has 0 aliphatic rings. The summed E-state index contributed by atoms with van der Waals surface area (Å²) in [5.41, 5.74) is 0.410. The summed E-state index contributed by atoms with van der Waals surface area (Å²) in [7, 11) is 0. The summed E-state index contributed by atoms with van der Waals surface area (Å²) < 4.78 is 19.0. The Morgan fingerprint density at radius 3 is 2.59 bits per heavy atom. The molecule has 0 spiro atoms. The Balaban J connectivity index is 1.97. The molecule has 5 heteroatoms. The maximum atomic E-state index is 13.9. The van der Waals surface area contributed by atoms with E-state index in [2.05, 4.69) is 4.98 Å². The number of benzene rings is 1. The number of carbonyl (C=O) groups excluding carboxylic acids is 1. The van der Waals surface area contributed by atoms with Crippen molar-refractivity contribution in [1.82, 2.24) is 4.98 Å². The van der Waals surface area contributed by atoms with Gasteiger partial charge in [-0.2, -0.15) is 0 Å². The zero-order valence-corrected chi connectivity index (χ0v) is 11.6. The van der Waals surface area contributed by atoms with Crippen LogP contribution in [0.1, 0.15) is 16.1 Å². The maximum absolute atomic E-state index is 13.9. The maximum Gasteiger partial charge on any atom is 0.295 e. The van der Waals surface area contributed by atoms with Crippen molar-refractivity contribution in [1.29, 1.82) is 0 Å². The van der Waals surface area contributed by atoms with Gasteiger partial charge in [-0.15, -0.1) is 0 Å². The topological polar surface area (TPSA) is 46.3 Å². The van der Waals surface area contributed by atoms with Crippen LogP contribution in [0.4, 0.5) is 10.2 Å². The first-order valence-electron chi connectivity index (χ1n) is 6.75. The number of rotatable bonds is 4. The number of hydrogen-bond donors (Lipinski definition) is 0. The van der Waals surface area contributed by atoms with Crippen LogP contribution in [-0.2, 0) is 6.54 Å². The van der Waals surface area contributed by atoms with Crippen LogP contribution in [-0.4, -0.2) is 10.9 Å². The highest BCUT2D eigenvalue weighted by Gasteiger charge is 2.22. The van der Waals surface area contributed by atoms with E-state index in [1.54, 1.807) is 54.7 Å². The van der Waals surface area contributed by atoms with E-state index in [0.717, 1.165) is 0 Å². The van der Waals surface area contributed by atoms with E-state index in [4.69, 9.17) is 4.42 Å². The van der Waals surface area contributed by atoms with Crippen LogP contribution in [0, 0.1) is 5.82 Å². The molecule has 0 N–H and O–H groups in total. The molecule has 110 valence electrons. The molecule has 0 atom stereocenters. The van der Waals surface area contributed by atoms with Crippen molar-refractivity contribution in [3.05, 3.63) is 84.2 Å². The monoisotopic (exact) mass is 296 g/mol. The van der Waals surface area contributed by atoms with Gasteiger partial charge in [0.15, 0.2) is 5.76 Å². The minimum absolute atomic E-state index is 0.0726. The Morgan fingerprint density at radius 1 is 1.09 bits per heavy atom. The standard InChI is InChI=1S/C17H13FN2O2/c18-14-7-2-1-6-13(14)12-20(16-9-3-4-10-19-16)17(21)15-8-5-11-22-15/h1-11H,12H2. The molecule has 0 fully saturated rings. The number of furan rings is 1. The molecule has 2 heterocycles. The van der Waals surface area contributed by atoms with Crippen molar-refractivity contribution in [2.45, 2.75) is 6.54 Å². The molecule has 1 amide bonds. The van der Waals surface area contributed by atoms with Gasteiger partial charge < -0.3 is 4.42 Å². The summed E-state index contributed by atoms with van der Waals surface area (Å²) >= 11 is 0. The lowest BCUT2D eigenvalue weighted by molar-refractivity contribution is 0.0957. The third kappa shape index (κ3) is 2.88. The van der Waals surface area contributed by atoms with E-state index >= 15 is 0 Å². The number of aromatic nitrogens is 1. The molecule has 0 radical (unpaired) electrons. The van der Waals surface area contributed by atoms with Gasteiger partial charge >= 0.3 is 0 Å². The average molecular weight is 296 g/mol. The number of pyridine rings is 1. The fourth-order valence-corrected chi connectivity index (χ4v) is 2.10. The number of nitrogens with zero attached hydrogens (tertiary/aromatic N) is 2. The van der Waals surface area contributed by atoms with Crippen molar-refractivity contribution in [2.24, 2.45) is 0 Å². The Bertz CT molecular complexity index is 757. The fourth-order valence-electron chi connectivity index (χ4n) is 2.10. The second-order valence-corrected chi connectivity index (χ2v) is 4.65. The molecule has 3 aromatic rings. The lowest BCUT2D eigenvalue weighted by Gasteiger charge is -2.21. The van der Waals surface area contributed by atoms with Gasteiger partial charge in [-0.1, -0.05) is 24.3 Å². The minimum atomic E-state index is -0.369. The third-order valence-electron chi connectivity index (χ3n) is 3.19. The Morgan fingerprint density at radius 2 is 1.91 bits per heavy atom. The highest BCUT2D eigenvalue weighted by Crippen LogP contribution is 2.19. The Hall–Kier alpha value is -2.95. The van der Waals surface area contributed by atoms with Crippen molar-refractivity contribution in [2.75, 3.05) is 4.90 Å². The first-order chi connectivity index (χ1) is 10.8. The summed E-state index contributed by atoms with van der Waals surface area (Å²) in [6.07, 6.45) is 3.01. The van der Waals surface area contributed by atoms with E-state index in [1.807, 2.05) is 0 Å². The number of amides is 1. The predicted molar refractivity (Wildman–Crippen MR) is 79.9 cm³/mol. The molecule has 1 aromatic carbocycles. The predicted octanol–water partition coefficient (Wildman–Crippen LogP) is 3.66. The van der Waals surface area contributed by atoms with E-state index in [9.17, 15) is 9.18 Å². The Kier molecular flexibility index (Phi) is 3.96. The van der Waals surface area contributed by atoms with Gasteiger partial charge in [0.05, 0.1) is 12.8 Å². The summed E-state index contributed by atoms with van der Waals surface area (Å²) in [4.78, 5) is 18.2. The quantitative estimate of drug-likeness (QED) is 0.738. The zero-order valence-electron chi connectivity index (χ0n) is 11.6. The summed E-state index contributed by atoms with van der Waals surface area (Å²) in [6, 6.07) is 14.8. The average Bonchev–Trinajstić information content (AvgIpc) is 3.09. The first-order valence-corrected chi connectivity index (χ1v) is 6.75. The van der Waals surface area contributed by atoms with Crippen molar-refractivity contribution in [3.8, 4) is 0 Å². The van der Waals surface area contributed by atoms with Crippen LogP contribution in [0.15, 0.2) is 71.5 Å². The largest absolute Gasteiger partial charge is 0.459 e. The molecule has 0 saturated carbocycles. The van der Waals surface area contributed by atoms with Gasteiger partial charge in [-0.25, -0.2) is 9.37 Å². The highest BCUT2D eigenvalue weighted by atomic mass is 19.1. The van der Waals surface area contributed by atoms with Gasteiger partial charge in [0.25, 0.3) is 5.91 Å². The van der Waals surface area contributed by atoms with E-state index in [0.29, 0.717) is 11.4 Å². The molecule has 22 heavy (non-hydrogen) atoms. The number of carbonyl (C=O) groups is 1. The number of anilines is 1. The van der Waals surface area contributed by atoms with Crippen LogP contribution < -0.4 is 4.90 Å². The second kappa shape index (κ2) is 6.22. The summed E-state index contributed by atoms with van der Waals surface area (Å²) in [6.45, 7) is 0.0726. The van der Waals surface area contributed by atoms with Gasteiger partial charge in [-0.3, -0.25) is 9.69 Å². The molecule has 3 rings (SSSR count). The first kappa shape index (κ1) is 14.0. The normalized spacial score (nSPS) is 10.4. The van der Waals surface area contributed by atoms with Crippen molar-refractivity contribution in [3.63, 3.8) is 0 Å². The zero-order chi connectivity index (χ0) is 15.4. The van der Waals surface area contributed by atoms with Crippen LogP contribution >= 0.6 is 0 Å². The van der Waals surface area contributed by atoms with Gasteiger partial charge in [0, 0.05) is 11.8 Å². The molecule has 4 nitrogen and oxygen atoms in total. The van der Waals surface area contributed by atoms with Gasteiger partial charge in [-0.05, 0) is 30.3 Å². The van der Waals surface area contributed by atoms with Crippen LogP contribution in [0.25, 0.3) is 0 Å². The summed E-state index contributed by atoms with van der Waals surface area (Å²) in [5.74, 6) is -0.114. The smallest absolute Gasteiger partial charge is 0.295 e. The number of hydrogen-bond acceptors (Lipinski definition) is 3. The molecule has 0 bridgehead atoms. The minimum Gasteiger partial charge on any atom is -0.459 e. The molecular weight excluding hydrogens is 283 g/mol. The van der Waals surface area contributed by atoms with Crippen LogP contribution in [0.3, 0.4) is 0 Å².